The minimum Gasteiger partial charge on any atom is -0.490 e. The molecule has 92 valence electrons. The van der Waals surface area contributed by atoms with Crippen molar-refractivity contribution in [1.82, 2.24) is 0 Å². The zero-order valence-corrected chi connectivity index (χ0v) is 11.9. The standard InChI is InChI=1S/C15H19BrO/c1-10-4-13(16)9-14(5-10)17-15-7-11-2-3-12(6-11)8-15/h4-5,9,11-12,15H,2-3,6-8H2,1H3/t11-,12+,15-. The molecule has 2 fully saturated rings. The molecule has 0 aliphatic heterocycles. The van der Waals surface area contributed by atoms with Crippen LogP contribution in [-0.4, -0.2) is 6.10 Å². The minimum absolute atomic E-state index is 0.454. The van der Waals surface area contributed by atoms with Gasteiger partial charge in [-0.25, -0.2) is 0 Å². The van der Waals surface area contributed by atoms with Crippen molar-refractivity contribution in [2.45, 2.75) is 45.1 Å². The Morgan fingerprint density at radius 3 is 2.41 bits per heavy atom. The maximum absolute atomic E-state index is 6.17. The lowest BCUT2D eigenvalue weighted by atomic mass is 9.87. The summed E-state index contributed by atoms with van der Waals surface area (Å²) in [5, 5.41) is 0. The third-order valence-electron chi connectivity index (χ3n) is 4.16. The van der Waals surface area contributed by atoms with Gasteiger partial charge >= 0.3 is 0 Å². The van der Waals surface area contributed by atoms with Crippen molar-refractivity contribution in [3.05, 3.63) is 28.2 Å². The van der Waals surface area contributed by atoms with E-state index in [0.29, 0.717) is 6.10 Å². The normalized spacial score (nSPS) is 31.5. The maximum Gasteiger partial charge on any atom is 0.121 e. The van der Waals surface area contributed by atoms with Crippen LogP contribution in [0, 0.1) is 18.8 Å². The molecule has 3 atom stereocenters. The highest BCUT2D eigenvalue weighted by molar-refractivity contribution is 9.10. The first kappa shape index (κ1) is 11.6. The van der Waals surface area contributed by atoms with Gasteiger partial charge in [-0.3, -0.25) is 0 Å². The summed E-state index contributed by atoms with van der Waals surface area (Å²) < 4.78 is 7.28. The number of benzene rings is 1. The van der Waals surface area contributed by atoms with Gasteiger partial charge in [-0.2, -0.15) is 0 Å². The first-order valence-electron chi connectivity index (χ1n) is 6.63. The van der Waals surface area contributed by atoms with Gasteiger partial charge in [0.05, 0.1) is 6.10 Å². The number of hydrogen-bond acceptors (Lipinski definition) is 1. The summed E-state index contributed by atoms with van der Waals surface area (Å²) in [5.74, 6) is 2.90. The van der Waals surface area contributed by atoms with Crippen LogP contribution < -0.4 is 4.74 Å². The number of halogens is 1. The molecule has 0 amide bonds. The van der Waals surface area contributed by atoms with E-state index in [9.17, 15) is 0 Å². The molecule has 0 N–H and O–H groups in total. The molecule has 2 aliphatic rings. The van der Waals surface area contributed by atoms with E-state index in [1.54, 1.807) is 0 Å². The molecule has 0 aromatic heterocycles. The summed E-state index contributed by atoms with van der Waals surface area (Å²) in [4.78, 5) is 0. The fraction of sp³-hybridized carbons (Fsp3) is 0.600. The number of rotatable bonds is 2. The Bertz CT molecular complexity index is 383. The lowest BCUT2D eigenvalue weighted by molar-refractivity contribution is 0.118. The Hall–Kier alpha value is -0.500. The van der Waals surface area contributed by atoms with E-state index in [1.807, 2.05) is 0 Å². The molecule has 3 rings (SSSR count). The second-order valence-electron chi connectivity index (χ2n) is 5.72. The maximum atomic E-state index is 6.17. The highest BCUT2D eigenvalue weighted by Gasteiger charge is 2.35. The molecule has 2 saturated carbocycles. The van der Waals surface area contributed by atoms with Crippen LogP contribution in [0.4, 0.5) is 0 Å². The third-order valence-corrected chi connectivity index (χ3v) is 4.62. The van der Waals surface area contributed by atoms with Crippen LogP contribution >= 0.6 is 15.9 Å². The van der Waals surface area contributed by atoms with Gasteiger partial charge in [0.15, 0.2) is 0 Å². The van der Waals surface area contributed by atoms with E-state index < -0.39 is 0 Å². The fourth-order valence-corrected chi connectivity index (χ4v) is 4.09. The number of fused-ring (bicyclic) bond motifs is 2. The van der Waals surface area contributed by atoms with E-state index in [1.165, 1.54) is 37.7 Å². The predicted molar refractivity (Wildman–Crippen MR) is 73.4 cm³/mol. The molecule has 0 spiro atoms. The Morgan fingerprint density at radius 2 is 1.76 bits per heavy atom. The molecule has 0 unspecified atom stereocenters. The molecule has 2 aliphatic carbocycles. The number of hydrogen-bond donors (Lipinski definition) is 0. The van der Waals surface area contributed by atoms with Gasteiger partial charge in [-0.15, -0.1) is 0 Å². The summed E-state index contributed by atoms with van der Waals surface area (Å²) in [5.41, 5.74) is 1.26. The van der Waals surface area contributed by atoms with Crippen molar-refractivity contribution in [3.8, 4) is 5.75 Å². The number of aryl methyl sites for hydroxylation is 1. The van der Waals surface area contributed by atoms with Gasteiger partial charge in [-0.1, -0.05) is 28.8 Å². The fourth-order valence-electron chi connectivity index (χ4n) is 3.51. The molecule has 1 nitrogen and oxygen atoms in total. The van der Waals surface area contributed by atoms with E-state index in [0.717, 1.165) is 22.1 Å². The second kappa shape index (κ2) is 4.64. The van der Waals surface area contributed by atoms with Crippen LogP contribution in [0.15, 0.2) is 22.7 Å². The summed E-state index contributed by atoms with van der Waals surface area (Å²) in [6.07, 6.45) is 7.31. The zero-order chi connectivity index (χ0) is 11.8. The summed E-state index contributed by atoms with van der Waals surface area (Å²) in [6, 6.07) is 6.35. The molecular formula is C15H19BrO. The molecule has 1 aromatic rings. The highest BCUT2D eigenvalue weighted by atomic mass is 79.9. The van der Waals surface area contributed by atoms with Crippen molar-refractivity contribution in [3.63, 3.8) is 0 Å². The van der Waals surface area contributed by atoms with E-state index >= 15 is 0 Å². The Labute approximate surface area is 112 Å². The largest absolute Gasteiger partial charge is 0.490 e. The van der Waals surface area contributed by atoms with Gasteiger partial charge in [0.25, 0.3) is 0 Å². The number of ether oxygens (including phenoxy) is 1. The van der Waals surface area contributed by atoms with E-state index in [4.69, 9.17) is 4.74 Å². The average Bonchev–Trinajstić information content (AvgIpc) is 2.56. The lowest BCUT2D eigenvalue weighted by Gasteiger charge is -2.28. The summed E-state index contributed by atoms with van der Waals surface area (Å²) in [6.45, 7) is 2.11. The van der Waals surface area contributed by atoms with Crippen LogP contribution in [0.3, 0.4) is 0 Å². The van der Waals surface area contributed by atoms with Crippen LogP contribution in [0.25, 0.3) is 0 Å². The first-order chi connectivity index (χ1) is 8.19. The van der Waals surface area contributed by atoms with Gasteiger partial charge in [0.2, 0.25) is 0 Å². The Kier molecular flexibility index (Phi) is 3.16. The van der Waals surface area contributed by atoms with Crippen LogP contribution in [0.1, 0.15) is 37.7 Å². The minimum atomic E-state index is 0.454. The van der Waals surface area contributed by atoms with Gasteiger partial charge in [0, 0.05) is 4.47 Å². The van der Waals surface area contributed by atoms with Gasteiger partial charge in [0.1, 0.15) is 5.75 Å². The quantitative estimate of drug-likeness (QED) is 0.767. The van der Waals surface area contributed by atoms with Crippen molar-refractivity contribution >= 4 is 15.9 Å². The molecule has 0 saturated heterocycles. The highest BCUT2D eigenvalue weighted by Crippen LogP contribution is 2.43. The second-order valence-corrected chi connectivity index (χ2v) is 6.64. The molecular weight excluding hydrogens is 276 g/mol. The monoisotopic (exact) mass is 294 g/mol. The van der Waals surface area contributed by atoms with Crippen LogP contribution in [0.2, 0.25) is 0 Å². The van der Waals surface area contributed by atoms with Crippen LogP contribution in [-0.2, 0) is 0 Å². The first-order valence-corrected chi connectivity index (χ1v) is 7.42. The molecule has 1 aromatic carbocycles. The predicted octanol–water partition coefficient (Wildman–Crippen LogP) is 4.72. The zero-order valence-electron chi connectivity index (χ0n) is 10.3. The SMILES string of the molecule is Cc1cc(Br)cc(O[C@@H]2C[C@@H]3CC[C@@H](C3)C2)c1. The average molecular weight is 295 g/mol. The van der Waals surface area contributed by atoms with Crippen molar-refractivity contribution in [2.75, 3.05) is 0 Å². The Balaban J connectivity index is 1.70. The molecule has 0 heterocycles. The summed E-state index contributed by atoms with van der Waals surface area (Å²) >= 11 is 3.53. The third kappa shape index (κ3) is 2.67. The van der Waals surface area contributed by atoms with Gasteiger partial charge < -0.3 is 4.74 Å². The molecule has 0 radical (unpaired) electrons. The molecule has 2 heteroatoms. The van der Waals surface area contributed by atoms with Gasteiger partial charge in [-0.05, 0) is 61.8 Å². The van der Waals surface area contributed by atoms with Crippen molar-refractivity contribution in [2.24, 2.45) is 11.8 Å². The van der Waals surface area contributed by atoms with Crippen LogP contribution in [0.5, 0.6) is 5.75 Å². The molecule has 2 bridgehead atoms. The summed E-state index contributed by atoms with van der Waals surface area (Å²) in [7, 11) is 0. The van der Waals surface area contributed by atoms with E-state index in [-0.39, 0.29) is 0 Å². The smallest absolute Gasteiger partial charge is 0.121 e. The molecule has 17 heavy (non-hydrogen) atoms. The lowest BCUT2D eigenvalue weighted by Crippen LogP contribution is -2.26. The van der Waals surface area contributed by atoms with Crippen molar-refractivity contribution in [1.29, 1.82) is 0 Å². The topological polar surface area (TPSA) is 9.23 Å². The van der Waals surface area contributed by atoms with Crippen molar-refractivity contribution < 1.29 is 4.74 Å². The Morgan fingerprint density at radius 1 is 1.06 bits per heavy atom. The van der Waals surface area contributed by atoms with E-state index in [2.05, 4.69) is 41.1 Å².